The Morgan fingerprint density at radius 2 is 2.00 bits per heavy atom. The van der Waals surface area contributed by atoms with Gasteiger partial charge in [-0.05, 0) is 18.3 Å². The molecule has 0 fully saturated rings. The highest BCUT2D eigenvalue weighted by Crippen LogP contribution is 2.04. The Hall–Kier alpha value is -0.0400. The predicted octanol–water partition coefficient (Wildman–Crippen LogP) is 2.86. The standard InChI is InChI=1S/C6H9Br/c1-5(2)4-6(3)7/h4H,1H2,2-3H3. The Morgan fingerprint density at radius 1 is 1.57 bits per heavy atom. The molecule has 0 bridgehead atoms. The average Bonchev–Trinajstić information content (AvgIpc) is 1.27. The Balaban J connectivity index is 3.68. The summed E-state index contributed by atoms with van der Waals surface area (Å²) >= 11 is 3.28. The summed E-state index contributed by atoms with van der Waals surface area (Å²) in [5.74, 6) is 0. The van der Waals surface area contributed by atoms with Gasteiger partial charge in [0.25, 0.3) is 0 Å². The fourth-order valence-electron chi connectivity index (χ4n) is 0.340. The molecule has 0 N–H and O–H groups in total. The maximum Gasteiger partial charge on any atom is -0.00780 e. The SMILES string of the molecule is C=C(C)C=C(C)Br. The van der Waals surface area contributed by atoms with Crippen LogP contribution in [0.4, 0.5) is 0 Å². The number of hydrogen-bond donors (Lipinski definition) is 0. The van der Waals surface area contributed by atoms with Crippen LogP contribution in [0.5, 0.6) is 0 Å². The molecule has 0 unspecified atom stereocenters. The van der Waals surface area contributed by atoms with Crippen molar-refractivity contribution < 1.29 is 0 Å². The Morgan fingerprint density at radius 3 is 2.00 bits per heavy atom. The molecule has 40 valence electrons. The second-order valence-corrected chi connectivity index (χ2v) is 2.83. The number of halogens is 1. The van der Waals surface area contributed by atoms with E-state index in [0.29, 0.717) is 0 Å². The van der Waals surface area contributed by atoms with Crippen molar-refractivity contribution in [1.82, 2.24) is 0 Å². The van der Waals surface area contributed by atoms with Gasteiger partial charge >= 0.3 is 0 Å². The Labute approximate surface area is 53.1 Å². The molecule has 0 amide bonds. The highest BCUT2D eigenvalue weighted by atomic mass is 79.9. The van der Waals surface area contributed by atoms with Crippen LogP contribution in [0.25, 0.3) is 0 Å². The van der Waals surface area contributed by atoms with Gasteiger partial charge in [0, 0.05) is 0 Å². The second-order valence-electron chi connectivity index (χ2n) is 1.58. The molecule has 0 rings (SSSR count). The van der Waals surface area contributed by atoms with Crippen LogP contribution in [0.15, 0.2) is 22.7 Å². The van der Waals surface area contributed by atoms with Gasteiger partial charge in [-0.15, -0.1) is 0 Å². The molecular formula is C6H9Br. The van der Waals surface area contributed by atoms with Crippen molar-refractivity contribution >= 4 is 15.9 Å². The van der Waals surface area contributed by atoms with Crippen LogP contribution in [-0.4, -0.2) is 0 Å². The normalized spacial score (nSPS) is 11.6. The van der Waals surface area contributed by atoms with Crippen molar-refractivity contribution in [3.05, 3.63) is 22.7 Å². The fraction of sp³-hybridized carbons (Fsp3) is 0.333. The lowest BCUT2D eigenvalue weighted by Gasteiger charge is -1.83. The van der Waals surface area contributed by atoms with Crippen LogP contribution in [0, 0.1) is 0 Å². The molecule has 1 heteroatoms. The average molecular weight is 161 g/mol. The summed E-state index contributed by atoms with van der Waals surface area (Å²) in [6.07, 6.45) is 1.97. The molecule has 0 heterocycles. The van der Waals surface area contributed by atoms with Gasteiger partial charge in [0.15, 0.2) is 0 Å². The summed E-state index contributed by atoms with van der Waals surface area (Å²) in [5, 5.41) is 0. The Kier molecular flexibility index (Phi) is 3.01. The molecular weight excluding hydrogens is 152 g/mol. The minimum Gasteiger partial charge on any atom is -0.0961 e. The zero-order chi connectivity index (χ0) is 5.86. The van der Waals surface area contributed by atoms with E-state index >= 15 is 0 Å². The highest BCUT2D eigenvalue weighted by Gasteiger charge is 1.75. The van der Waals surface area contributed by atoms with Gasteiger partial charge in [-0.2, -0.15) is 0 Å². The molecule has 0 aromatic heterocycles. The molecule has 0 nitrogen and oxygen atoms in total. The third-order valence-corrected chi connectivity index (χ3v) is 0.674. The third-order valence-electron chi connectivity index (χ3n) is 0.445. The maximum atomic E-state index is 3.69. The lowest BCUT2D eigenvalue weighted by Crippen LogP contribution is -1.60. The van der Waals surface area contributed by atoms with E-state index in [9.17, 15) is 0 Å². The number of rotatable bonds is 1. The summed E-state index contributed by atoms with van der Waals surface area (Å²) in [4.78, 5) is 0. The lowest BCUT2D eigenvalue weighted by molar-refractivity contribution is 1.52. The quantitative estimate of drug-likeness (QED) is 0.518. The van der Waals surface area contributed by atoms with Gasteiger partial charge in [0.2, 0.25) is 0 Å². The first-order valence-corrected chi connectivity index (χ1v) is 2.91. The predicted molar refractivity (Wildman–Crippen MR) is 37.5 cm³/mol. The van der Waals surface area contributed by atoms with Crippen LogP contribution in [0.1, 0.15) is 13.8 Å². The van der Waals surface area contributed by atoms with Crippen LogP contribution in [-0.2, 0) is 0 Å². The molecule has 0 spiro atoms. The third kappa shape index (κ3) is 5.96. The topological polar surface area (TPSA) is 0 Å². The van der Waals surface area contributed by atoms with E-state index in [4.69, 9.17) is 0 Å². The smallest absolute Gasteiger partial charge is 0.00780 e. The molecule has 7 heavy (non-hydrogen) atoms. The number of allylic oxidation sites excluding steroid dienone is 3. The minimum atomic E-state index is 1.08. The van der Waals surface area contributed by atoms with Crippen molar-refractivity contribution in [3.63, 3.8) is 0 Å². The summed E-state index contributed by atoms with van der Waals surface area (Å²) in [5.41, 5.74) is 1.08. The van der Waals surface area contributed by atoms with Gasteiger partial charge in [0.1, 0.15) is 0 Å². The van der Waals surface area contributed by atoms with E-state index in [-0.39, 0.29) is 0 Å². The van der Waals surface area contributed by atoms with E-state index in [2.05, 4.69) is 22.5 Å². The first-order chi connectivity index (χ1) is 3.13. The van der Waals surface area contributed by atoms with E-state index in [0.717, 1.165) is 10.1 Å². The molecule has 0 aliphatic heterocycles. The zero-order valence-corrected chi connectivity index (χ0v) is 6.25. The van der Waals surface area contributed by atoms with Gasteiger partial charge in [-0.25, -0.2) is 0 Å². The Bertz CT molecular complexity index is 96.7. The fourth-order valence-corrected chi connectivity index (χ4v) is 0.730. The second kappa shape index (κ2) is 3.03. The van der Waals surface area contributed by atoms with Crippen molar-refractivity contribution in [3.8, 4) is 0 Å². The molecule has 0 aromatic carbocycles. The van der Waals surface area contributed by atoms with E-state index < -0.39 is 0 Å². The van der Waals surface area contributed by atoms with Crippen LogP contribution < -0.4 is 0 Å². The summed E-state index contributed by atoms with van der Waals surface area (Å²) in [7, 11) is 0. The van der Waals surface area contributed by atoms with Gasteiger partial charge < -0.3 is 0 Å². The zero-order valence-electron chi connectivity index (χ0n) is 4.66. The van der Waals surface area contributed by atoms with E-state index in [1.54, 1.807) is 0 Å². The summed E-state index contributed by atoms with van der Waals surface area (Å²) in [6.45, 7) is 7.63. The maximum absolute atomic E-state index is 3.69. The van der Waals surface area contributed by atoms with Crippen molar-refractivity contribution in [2.45, 2.75) is 13.8 Å². The van der Waals surface area contributed by atoms with E-state index in [1.807, 2.05) is 19.9 Å². The largest absolute Gasteiger partial charge is 0.0961 e. The first kappa shape index (κ1) is 6.96. The van der Waals surface area contributed by atoms with E-state index in [1.165, 1.54) is 0 Å². The van der Waals surface area contributed by atoms with Crippen molar-refractivity contribution in [1.29, 1.82) is 0 Å². The van der Waals surface area contributed by atoms with Crippen LogP contribution in [0.2, 0.25) is 0 Å². The lowest BCUT2D eigenvalue weighted by atomic mass is 10.3. The first-order valence-electron chi connectivity index (χ1n) is 2.12. The van der Waals surface area contributed by atoms with Crippen LogP contribution in [0.3, 0.4) is 0 Å². The van der Waals surface area contributed by atoms with Gasteiger partial charge in [0.05, 0.1) is 0 Å². The van der Waals surface area contributed by atoms with Gasteiger partial charge in [-0.3, -0.25) is 0 Å². The van der Waals surface area contributed by atoms with Crippen molar-refractivity contribution in [2.24, 2.45) is 0 Å². The molecule has 0 saturated carbocycles. The van der Waals surface area contributed by atoms with Crippen LogP contribution >= 0.6 is 15.9 Å². The molecule has 0 saturated heterocycles. The molecule has 0 aromatic rings. The van der Waals surface area contributed by atoms with Gasteiger partial charge in [-0.1, -0.05) is 34.2 Å². The summed E-state index contributed by atoms with van der Waals surface area (Å²) < 4.78 is 1.13. The molecule has 0 aliphatic carbocycles. The van der Waals surface area contributed by atoms with Crippen molar-refractivity contribution in [2.75, 3.05) is 0 Å². The highest BCUT2D eigenvalue weighted by molar-refractivity contribution is 9.11. The molecule has 0 radical (unpaired) electrons. The molecule has 0 aliphatic rings. The summed E-state index contributed by atoms with van der Waals surface area (Å²) in [6, 6.07) is 0. The minimum absolute atomic E-state index is 1.08. The number of hydrogen-bond acceptors (Lipinski definition) is 0. The molecule has 0 atom stereocenters. The monoisotopic (exact) mass is 160 g/mol.